The number of rotatable bonds is 6. The molecule has 3 nitrogen and oxygen atoms in total. The molecule has 1 rings (SSSR count). The van der Waals surface area contributed by atoms with E-state index in [9.17, 15) is 0 Å². The lowest BCUT2D eigenvalue weighted by atomic mass is 10.0. The highest BCUT2D eigenvalue weighted by atomic mass is 16.5. The standard InChI is InChI=1S/C15H26N2O/c1-11-10-14(18-5)12(2)13(3)15(11)17(4)9-7-6-8-16/h10H,6-9,16H2,1-5H3. The van der Waals surface area contributed by atoms with E-state index in [1.54, 1.807) is 7.11 Å². The topological polar surface area (TPSA) is 38.5 Å². The SMILES string of the molecule is COc1cc(C)c(N(C)CCCCN)c(C)c1C. The van der Waals surface area contributed by atoms with E-state index >= 15 is 0 Å². The summed E-state index contributed by atoms with van der Waals surface area (Å²) < 4.78 is 5.40. The number of ether oxygens (including phenoxy) is 1. The van der Waals surface area contributed by atoms with Gasteiger partial charge >= 0.3 is 0 Å². The van der Waals surface area contributed by atoms with Gasteiger partial charge in [0.2, 0.25) is 0 Å². The highest BCUT2D eigenvalue weighted by Gasteiger charge is 2.13. The third kappa shape index (κ3) is 3.16. The van der Waals surface area contributed by atoms with Crippen LogP contribution in [-0.4, -0.2) is 27.2 Å². The summed E-state index contributed by atoms with van der Waals surface area (Å²) in [7, 11) is 3.88. The summed E-state index contributed by atoms with van der Waals surface area (Å²) in [5.41, 5.74) is 10.7. The van der Waals surface area contributed by atoms with Crippen LogP contribution in [-0.2, 0) is 0 Å². The first-order chi connectivity index (χ1) is 8.52. The molecule has 0 unspecified atom stereocenters. The predicted molar refractivity (Wildman–Crippen MR) is 78.8 cm³/mol. The van der Waals surface area contributed by atoms with Gasteiger partial charge in [-0.2, -0.15) is 0 Å². The summed E-state index contributed by atoms with van der Waals surface area (Å²) in [4.78, 5) is 2.33. The van der Waals surface area contributed by atoms with E-state index in [1.165, 1.54) is 22.4 Å². The molecule has 1 aromatic rings. The maximum absolute atomic E-state index is 5.54. The molecule has 0 fully saturated rings. The van der Waals surface area contributed by atoms with Crippen LogP contribution in [0.4, 0.5) is 5.69 Å². The number of nitrogens with two attached hydrogens (primary N) is 1. The van der Waals surface area contributed by atoms with Crippen molar-refractivity contribution in [1.29, 1.82) is 0 Å². The van der Waals surface area contributed by atoms with E-state index in [0.717, 1.165) is 31.7 Å². The van der Waals surface area contributed by atoms with Gasteiger partial charge in [-0.3, -0.25) is 0 Å². The molecule has 0 saturated heterocycles. The van der Waals surface area contributed by atoms with E-state index in [2.05, 4.69) is 38.8 Å². The van der Waals surface area contributed by atoms with Crippen LogP contribution in [0.5, 0.6) is 5.75 Å². The Morgan fingerprint density at radius 1 is 1.17 bits per heavy atom. The van der Waals surface area contributed by atoms with Gasteiger partial charge in [-0.05, 0) is 62.9 Å². The third-order valence-corrected chi connectivity index (χ3v) is 3.56. The molecule has 18 heavy (non-hydrogen) atoms. The average molecular weight is 250 g/mol. The van der Waals surface area contributed by atoms with Gasteiger partial charge in [-0.15, -0.1) is 0 Å². The fourth-order valence-corrected chi connectivity index (χ4v) is 2.44. The number of nitrogens with zero attached hydrogens (tertiary/aromatic N) is 1. The van der Waals surface area contributed by atoms with Crippen molar-refractivity contribution in [2.75, 3.05) is 32.1 Å². The van der Waals surface area contributed by atoms with Crippen molar-refractivity contribution in [3.05, 3.63) is 22.8 Å². The Kier molecular flexibility index (Phi) is 5.48. The summed E-state index contributed by atoms with van der Waals surface area (Å²) >= 11 is 0. The maximum Gasteiger partial charge on any atom is 0.122 e. The van der Waals surface area contributed by atoms with Crippen molar-refractivity contribution in [2.24, 2.45) is 5.73 Å². The number of anilines is 1. The highest BCUT2D eigenvalue weighted by Crippen LogP contribution is 2.33. The van der Waals surface area contributed by atoms with Gasteiger partial charge in [-0.25, -0.2) is 0 Å². The van der Waals surface area contributed by atoms with E-state index in [0.29, 0.717) is 0 Å². The Morgan fingerprint density at radius 2 is 1.83 bits per heavy atom. The second-order valence-corrected chi connectivity index (χ2v) is 4.91. The van der Waals surface area contributed by atoms with Gasteiger partial charge in [0, 0.05) is 19.3 Å². The Labute approximate surface area is 111 Å². The molecule has 2 N–H and O–H groups in total. The van der Waals surface area contributed by atoms with Crippen LogP contribution in [0.3, 0.4) is 0 Å². The van der Waals surface area contributed by atoms with Crippen molar-refractivity contribution in [3.63, 3.8) is 0 Å². The van der Waals surface area contributed by atoms with Crippen molar-refractivity contribution in [2.45, 2.75) is 33.6 Å². The molecule has 1 aromatic carbocycles. The van der Waals surface area contributed by atoms with E-state index in [-0.39, 0.29) is 0 Å². The lowest BCUT2D eigenvalue weighted by molar-refractivity contribution is 0.411. The molecule has 0 aliphatic rings. The molecule has 0 heterocycles. The van der Waals surface area contributed by atoms with Crippen LogP contribution < -0.4 is 15.4 Å². The quantitative estimate of drug-likeness (QED) is 0.789. The molecule has 0 saturated carbocycles. The smallest absolute Gasteiger partial charge is 0.122 e. The minimum Gasteiger partial charge on any atom is -0.496 e. The average Bonchev–Trinajstić information content (AvgIpc) is 2.34. The van der Waals surface area contributed by atoms with Crippen molar-refractivity contribution < 1.29 is 4.74 Å². The molecule has 0 spiro atoms. The number of hydrogen-bond acceptors (Lipinski definition) is 3. The number of benzene rings is 1. The van der Waals surface area contributed by atoms with Gasteiger partial charge in [0.1, 0.15) is 5.75 Å². The van der Waals surface area contributed by atoms with Gasteiger partial charge in [0.15, 0.2) is 0 Å². The molecule has 0 aliphatic heterocycles. The molecule has 3 heteroatoms. The lowest BCUT2D eigenvalue weighted by Gasteiger charge is -2.25. The third-order valence-electron chi connectivity index (χ3n) is 3.56. The van der Waals surface area contributed by atoms with E-state index in [4.69, 9.17) is 10.5 Å². The molecule has 0 amide bonds. The first-order valence-corrected chi connectivity index (χ1v) is 6.59. The molecule has 102 valence electrons. The summed E-state index contributed by atoms with van der Waals surface area (Å²) in [6.07, 6.45) is 2.22. The highest BCUT2D eigenvalue weighted by molar-refractivity contribution is 5.64. The molecule has 0 aromatic heterocycles. The zero-order valence-electron chi connectivity index (χ0n) is 12.3. The Morgan fingerprint density at radius 3 is 2.39 bits per heavy atom. The first kappa shape index (κ1) is 14.8. The molecule has 0 aliphatic carbocycles. The molecular weight excluding hydrogens is 224 g/mol. The second-order valence-electron chi connectivity index (χ2n) is 4.91. The summed E-state index contributed by atoms with van der Waals surface area (Å²) in [5, 5.41) is 0. The molecule has 0 radical (unpaired) electrons. The lowest BCUT2D eigenvalue weighted by Crippen LogP contribution is -2.21. The van der Waals surface area contributed by atoms with Gasteiger partial charge in [0.05, 0.1) is 7.11 Å². The van der Waals surface area contributed by atoms with Crippen molar-refractivity contribution >= 4 is 5.69 Å². The molecule has 0 atom stereocenters. The van der Waals surface area contributed by atoms with Crippen molar-refractivity contribution in [3.8, 4) is 5.75 Å². The van der Waals surface area contributed by atoms with Crippen LogP contribution in [0.25, 0.3) is 0 Å². The fraction of sp³-hybridized carbons (Fsp3) is 0.600. The predicted octanol–water partition coefficient (Wildman–Crippen LogP) is 2.80. The number of methoxy groups -OCH3 is 1. The monoisotopic (exact) mass is 250 g/mol. The Bertz CT molecular complexity index is 402. The zero-order valence-corrected chi connectivity index (χ0v) is 12.3. The van der Waals surface area contributed by atoms with Gasteiger partial charge < -0.3 is 15.4 Å². The number of unbranched alkanes of at least 4 members (excludes halogenated alkanes) is 1. The maximum atomic E-state index is 5.54. The Hall–Kier alpha value is -1.22. The largest absolute Gasteiger partial charge is 0.496 e. The normalized spacial score (nSPS) is 10.6. The van der Waals surface area contributed by atoms with Gasteiger partial charge in [-0.1, -0.05) is 0 Å². The number of aryl methyl sites for hydroxylation is 1. The fourth-order valence-electron chi connectivity index (χ4n) is 2.44. The summed E-state index contributed by atoms with van der Waals surface area (Å²) in [5.74, 6) is 0.976. The first-order valence-electron chi connectivity index (χ1n) is 6.59. The van der Waals surface area contributed by atoms with Gasteiger partial charge in [0.25, 0.3) is 0 Å². The van der Waals surface area contributed by atoms with E-state index < -0.39 is 0 Å². The minimum atomic E-state index is 0.771. The summed E-state index contributed by atoms with van der Waals surface area (Å²) in [6.45, 7) is 8.24. The van der Waals surface area contributed by atoms with E-state index in [1.807, 2.05) is 0 Å². The molecule has 0 bridgehead atoms. The van der Waals surface area contributed by atoms with Crippen molar-refractivity contribution in [1.82, 2.24) is 0 Å². The van der Waals surface area contributed by atoms with Crippen LogP contribution in [0.15, 0.2) is 6.07 Å². The number of hydrogen-bond donors (Lipinski definition) is 1. The van der Waals surface area contributed by atoms with Crippen LogP contribution >= 0.6 is 0 Å². The minimum absolute atomic E-state index is 0.771. The van der Waals surface area contributed by atoms with Crippen LogP contribution in [0.2, 0.25) is 0 Å². The summed E-state index contributed by atoms with van der Waals surface area (Å²) in [6, 6.07) is 2.12. The zero-order chi connectivity index (χ0) is 13.7. The Balaban J connectivity index is 2.98. The van der Waals surface area contributed by atoms with Crippen LogP contribution in [0, 0.1) is 20.8 Å². The molecular formula is C15H26N2O. The van der Waals surface area contributed by atoms with Crippen LogP contribution in [0.1, 0.15) is 29.5 Å². The second kappa shape index (κ2) is 6.64.